The highest BCUT2D eigenvalue weighted by atomic mass is 32.2. The number of para-hydroxylation sites is 2. The maximum atomic E-state index is 13.5. The van der Waals surface area contributed by atoms with E-state index in [1.807, 2.05) is 45.0 Å². The lowest BCUT2D eigenvalue weighted by molar-refractivity contribution is 0.101. The SMILES string of the molecule is COc1c(NC(=O)c2cc3c(NC(=O)c4cnc5ccccc5n4)cccc3s2)cc(C(C)(C)C)cc1NS(C)(=O)=O. The van der Waals surface area contributed by atoms with Crippen LogP contribution in [0.15, 0.2) is 66.9 Å². The Balaban J connectivity index is 1.45. The molecule has 5 aromatic rings. The molecule has 0 aliphatic rings. The molecule has 216 valence electrons. The summed E-state index contributed by atoms with van der Waals surface area (Å²) in [5, 5.41) is 6.46. The first-order chi connectivity index (χ1) is 19.8. The lowest BCUT2D eigenvalue weighted by atomic mass is 9.86. The van der Waals surface area contributed by atoms with Crippen LogP contribution in [0.25, 0.3) is 21.1 Å². The number of benzene rings is 3. The number of aromatic nitrogens is 2. The minimum absolute atomic E-state index is 0.170. The first kappa shape index (κ1) is 29.0. The second kappa shape index (κ2) is 11.0. The summed E-state index contributed by atoms with van der Waals surface area (Å²) >= 11 is 1.26. The maximum absolute atomic E-state index is 13.5. The number of sulfonamides is 1. The zero-order valence-corrected chi connectivity index (χ0v) is 25.2. The van der Waals surface area contributed by atoms with E-state index in [-0.39, 0.29) is 22.5 Å². The topological polar surface area (TPSA) is 139 Å². The molecular formula is C30H29N5O5S2. The number of amides is 2. The fourth-order valence-electron chi connectivity index (χ4n) is 4.37. The third kappa shape index (κ3) is 6.19. The first-order valence-corrected chi connectivity index (χ1v) is 15.6. The van der Waals surface area contributed by atoms with Crippen LogP contribution in [0.2, 0.25) is 0 Å². The molecule has 0 bridgehead atoms. The Labute approximate surface area is 247 Å². The molecular weight excluding hydrogens is 574 g/mol. The van der Waals surface area contributed by atoms with Crippen LogP contribution in [0, 0.1) is 0 Å². The number of anilines is 3. The minimum atomic E-state index is -3.62. The van der Waals surface area contributed by atoms with Gasteiger partial charge in [-0.05, 0) is 53.4 Å². The highest BCUT2D eigenvalue weighted by Gasteiger charge is 2.23. The quantitative estimate of drug-likeness (QED) is 0.206. The summed E-state index contributed by atoms with van der Waals surface area (Å²) in [4.78, 5) is 35.6. The Kier molecular flexibility index (Phi) is 7.60. The Bertz CT molecular complexity index is 1960. The van der Waals surface area contributed by atoms with E-state index in [4.69, 9.17) is 4.74 Å². The van der Waals surface area contributed by atoms with Crippen molar-refractivity contribution in [1.29, 1.82) is 0 Å². The average Bonchev–Trinajstić information content (AvgIpc) is 3.37. The van der Waals surface area contributed by atoms with Gasteiger partial charge < -0.3 is 15.4 Å². The number of ether oxygens (including phenoxy) is 1. The van der Waals surface area contributed by atoms with E-state index in [0.717, 1.165) is 16.5 Å². The molecule has 0 saturated heterocycles. The number of rotatable bonds is 7. The summed E-state index contributed by atoms with van der Waals surface area (Å²) in [6.07, 6.45) is 2.48. The van der Waals surface area contributed by atoms with Crippen LogP contribution in [0.3, 0.4) is 0 Å². The number of carbonyl (C=O) groups excluding carboxylic acids is 2. The van der Waals surface area contributed by atoms with E-state index in [2.05, 4.69) is 25.3 Å². The fourth-order valence-corrected chi connectivity index (χ4v) is 5.90. The number of methoxy groups -OCH3 is 1. The van der Waals surface area contributed by atoms with Crippen LogP contribution in [-0.2, 0) is 15.4 Å². The van der Waals surface area contributed by atoms with Gasteiger partial charge in [-0.1, -0.05) is 39.0 Å². The zero-order chi connectivity index (χ0) is 30.2. The molecule has 12 heteroatoms. The van der Waals surface area contributed by atoms with Crippen LogP contribution in [0.1, 0.15) is 46.5 Å². The Morgan fingerprint density at radius 2 is 1.57 bits per heavy atom. The summed E-state index contributed by atoms with van der Waals surface area (Å²) in [7, 11) is -2.21. The van der Waals surface area contributed by atoms with Gasteiger partial charge in [-0.25, -0.2) is 13.4 Å². The number of hydrogen-bond acceptors (Lipinski definition) is 8. The zero-order valence-electron chi connectivity index (χ0n) is 23.6. The summed E-state index contributed by atoms with van der Waals surface area (Å²) in [6.45, 7) is 5.95. The Morgan fingerprint density at radius 3 is 2.26 bits per heavy atom. The van der Waals surface area contributed by atoms with Crippen molar-refractivity contribution >= 4 is 71.4 Å². The molecule has 42 heavy (non-hydrogen) atoms. The minimum Gasteiger partial charge on any atom is -0.492 e. The summed E-state index contributed by atoms with van der Waals surface area (Å²) < 4.78 is 32.9. The molecule has 2 amide bonds. The lowest BCUT2D eigenvalue weighted by Gasteiger charge is -2.23. The van der Waals surface area contributed by atoms with Crippen molar-refractivity contribution < 1.29 is 22.7 Å². The van der Waals surface area contributed by atoms with Gasteiger partial charge in [0.15, 0.2) is 5.75 Å². The van der Waals surface area contributed by atoms with Gasteiger partial charge in [0.2, 0.25) is 10.0 Å². The van der Waals surface area contributed by atoms with Crippen LogP contribution in [-0.4, -0.2) is 43.6 Å². The van der Waals surface area contributed by atoms with Crippen molar-refractivity contribution in [2.45, 2.75) is 26.2 Å². The van der Waals surface area contributed by atoms with Crippen molar-refractivity contribution in [2.24, 2.45) is 0 Å². The highest BCUT2D eigenvalue weighted by molar-refractivity contribution is 7.92. The molecule has 0 saturated carbocycles. The van der Waals surface area contributed by atoms with Gasteiger partial charge in [0.1, 0.15) is 5.69 Å². The van der Waals surface area contributed by atoms with Gasteiger partial charge in [-0.3, -0.25) is 19.3 Å². The predicted molar refractivity (Wildman–Crippen MR) is 167 cm³/mol. The summed E-state index contributed by atoms with van der Waals surface area (Å²) in [5.41, 5.74) is 2.98. The predicted octanol–water partition coefficient (Wildman–Crippen LogP) is 6.03. The normalized spacial score (nSPS) is 11.8. The molecule has 10 nitrogen and oxygen atoms in total. The van der Waals surface area contributed by atoms with Gasteiger partial charge in [-0.15, -0.1) is 11.3 Å². The molecule has 2 heterocycles. The average molecular weight is 604 g/mol. The number of fused-ring (bicyclic) bond motifs is 2. The molecule has 5 rings (SSSR count). The van der Waals surface area contributed by atoms with E-state index in [1.54, 1.807) is 36.4 Å². The van der Waals surface area contributed by atoms with Crippen molar-refractivity contribution in [3.63, 3.8) is 0 Å². The molecule has 2 aromatic heterocycles. The van der Waals surface area contributed by atoms with Crippen LogP contribution in [0.4, 0.5) is 17.1 Å². The number of nitrogens with one attached hydrogen (secondary N) is 3. The molecule has 0 atom stereocenters. The number of nitrogens with zero attached hydrogens (tertiary/aromatic N) is 2. The van der Waals surface area contributed by atoms with Crippen molar-refractivity contribution in [3.8, 4) is 5.75 Å². The highest BCUT2D eigenvalue weighted by Crippen LogP contribution is 2.40. The largest absolute Gasteiger partial charge is 0.492 e. The maximum Gasteiger partial charge on any atom is 0.275 e. The van der Waals surface area contributed by atoms with Crippen LogP contribution in [0.5, 0.6) is 5.75 Å². The monoisotopic (exact) mass is 603 g/mol. The lowest BCUT2D eigenvalue weighted by Crippen LogP contribution is -2.18. The van der Waals surface area contributed by atoms with Gasteiger partial charge in [-0.2, -0.15) is 0 Å². The summed E-state index contributed by atoms with van der Waals surface area (Å²) in [5.74, 6) is -0.650. The first-order valence-electron chi connectivity index (χ1n) is 12.9. The standard InChI is InChI=1S/C30H29N5O5S2/c1-30(2,3)17-13-22(27(40-4)23(14-17)35-42(5,38)39)34-29(37)26-15-18-19(11-8-12-25(18)41-26)33-28(36)24-16-31-20-9-6-7-10-21(20)32-24/h6-16,35H,1-5H3,(H,33,36)(H,34,37). The number of hydrogen-bond donors (Lipinski definition) is 3. The van der Waals surface area contributed by atoms with E-state index in [9.17, 15) is 18.0 Å². The van der Waals surface area contributed by atoms with E-state index in [1.165, 1.54) is 24.6 Å². The third-order valence-electron chi connectivity index (χ3n) is 6.42. The van der Waals surface area contributed by atoms with Crippen molar-refractivity contribution in [3.05, 3.63) is 83.0 Å². The molecule has 0 spiro atoms. The molecule has 3 N–H and O–H groups in total. The van der Waals surface area contributed by atoms with Crippen molar-refractivity contribution in [1.82, 2.24) is 9.97 Å². The van der Waals surface area contributed by atoms with Gasteiger partial charge in [0.05, 0.1) is 46.8 Å². The van der Waals surface area contributed by atoms with E-state index < -0.39 is 21.8 Å². The molecule has 0 radical (unpaired) electrons. The van der Waals surface area contributed by atoms with Gasteiger partial charge in [0.25, 0.3) is 11.8 Å². The second-order valence-corrected chi connectivity index (χ2v) is 13.5. The Hall–Kier alpha value is -4.55. The molecule has 3 aromatic carbocycles. The third-order valence-corrected chi connectivity index (χ3v) is 8.11. The molecule has 0 aliphatic heterocycles. The number of carbonyl (C=O) groups is 2. The van der Waals surface area contributed by atoms with Crippen LogP contribution >= 0.6 is 11.3 Å². The van der Waals surface area contributed by atoms with Crippen LogP contribution < -0.4 is 20.1 Å². The van der Waals surface area contributed by atoms with E-state index in [0.29, 0.717) is 32.7 Å². The Morgan fingerprint density at radius 1 is 0.881 bits per heavy atom. The van der Waals surface area contributed by atoms with E-state index >= 15 is 0 Å². The molecule has 0 fully saturated rings. The molecule has 0 unspecified atom stereocenters. The summed E-state index contributed by atoms with van der Waals surface area (Å²) in [6, 6.07) is 17.9. The van der Waals surface area contributed by atoms with Crippen molar-refractivity contribution in [2.75, 3.05) is 28.7 Å². The van der Waals surface area contributed by atoms with Gasteiger partial charge in [0, 0.05) is 15.8 Å². The second-order valence-electron chi connectivity index (χ2n) is 10.7. The smallest absolute Gasteiger partial charge is 0.275 e. The van der Waals surface area contributed by atoms with Gasteiger partial charge >= 0.3 is 0 Å². The fraction of sp³-hybridized carbons (Fsp3) is 0.200. The molecule has 0 aliphatic carbocycles. The number of thiophene rings is 1.